The van der Waals surface area contributed by atoms with Crippen molar-refractivity contribution in [3.05, 3.63) is 29.8 Å². The maximum atomic E-state index is 5.93. The largest absolute Gasteiger partial charge is 0.489 e. The van der Waals surface area contributed by atoms with Crippen molar-refractivity contribution < 1.29 is 4.74 Å². The zero-order chi connectivity index (χ0) is 15.1. The second kappa shape index (κ2) is 7.91. The van der Waals surface area contributed by atoms with Crippen molar-refractivity contribution in [3.63, 3.8) is 0 Å². The number of rotatable bonds is 5. The highest BCUT2D eigenvalue weighted by Crippen LogP contribution is 2.14. The van der Waals surface area contributed by atoms with E-state index in [-0.39, 0.29) is 6.10 Å². The predicted octanol–water partition coefficient (Wildman–Crippen LogP) is 2.82. The van der Waals surface area contributed by atoms with E-state index in [1.54, 1.807) is 0 Å². The molecule has 0 spiro atoms. The third-order valence-electron chi connectivity index (χ3n) is 3.57. The molecule has 1 aromatic carbocycles. The normalized spacial score (nSPS) is 16.9. The number of ether oxygens (including phenoxy) is 1. The van der Waals surface area contributed by atoms with Crippen LogP contribution in [0, 0.1) is 6.92 Å². The second-order valence-corrected chi connectivity index (χ2v) is 5.63. The Balaban J connectivity index is 1.90. The monoisotopic (exact) mass is 289 g/mol. The average molecular weight is 289 g/mol. The molecule has 4 nitrogen and oxygen atoms in total. The molecule has 0 saturated carbocycles. The van der Waals surface area contributed by atoms with Gasteiger partial charge in [0.1, 0.15) is 11.9 Å². The molecular weight excluding hydrogens is 262 g/mol. The van der Waals surface area contributed by atoms with E-state index in [0.717, 1.165) is 31.3 Å². The molecule has 1 aliphatic rings. The van der Waals surface area contributed by atoms with Crippen LogP contribution in [0.25, 0.3) is 0 Å². The van der Waals surface area contributed by atoms with Gasteiger partial charge in [0.2, 0.25) is 0 Å². The maximum Gasteiger partial charge on any atom is 0.194 e. The molecular formula is C17H27N3O. The van der Waals surface area contributed by atoms with E-state index in [1.807, 2.05) is 12.1 Å². The van der Waals surface area contributed by atoms with Gasteiger partial charge in [-0.2, -0.15) is 0 Å². The van der Waals surface area contributed by atoms with Crippen LogP contribution in [0.5, 0.6) is 5.75 Å². The lowest BCUT2D eigenvalue weighted by Crippen LogP contribution is -2.40. The van der Waals surface area contributed by atoms with Crippen molar-refractivity contribution in [1.82, 2.24) is 10.2 Å². The molecule has 1 aromatic rings. The molecule has 0 bridgehead atoms. The SMILES string of the molecule is CCNC(=NCC(C)Oc1cccc(C)c1)N1CCCC1. The van der Waals surface area contributed by atoms with Crippen molar-refractivity contribution in [2.24, 2.45) is 4.99 Å². The van der Waals surface area contributed by atoms with Crippen LogP contribution in [0.15, 0.2) is 29.3 Å². The first-order valence-corrected chi connectivity index (χ1v) is 7.95. The molecule has 0 radical (unpaired) electrons. The molecule has 1 unspecified atom stereocenters. The van der Waals surface area contributed by atoms with Crippen LogP contribution in [0.4, 0.5) is 0 Å². The number of nitrogens with one attached hydrogen (secondary N) is 1. The van der Waals surface area contributed by atoms with E-state index >= 15 is 0 Å². The molecule has 1 saturated heterocycles. The Morgan fingerprint density at radius 1 is 1.38 bits per heavy atom. The summed E-state index contributed by atoms with van der Waals surface area (Å²) < 4.78 is 5.93. The van der Waals surface area contributed by atoms with E-state index in [0.29, 0.717) is 6.54 Å². The minimum atomic E-state index is 0.0723. The highest BCUT2D eigenvalue weighted by molar-refractivity contribution is 5.80. The summed E-state index contributed by atoms with van der Waals surface area (Å²) >= 11 is 0. The summed E-state index contributed by atoms with van der Waals surface area (Å²) in [5, 5.41) is 3.37. The van der Waals surface area contributed by atoms with Crippen molar-refractivity contribution in [1.29, 1.82) is 0 Å². The smallest absolute Gasteiger partial charge is 0.194 e. The van der Waals surface area contributed by atoms with Gasteiger partial charge in [-0.3, -0.25) is 0 Å². The van der Waals surface area contributed by atoms with Crippen molar-refractivity contribution in [3.8, 4) is 5.75 Å². The number of guanidine groups is 1. The number of likely N-dealkylation sites (tertiary alicyclic amines) is 1. The fourth-order valence-electron chi connectivity index (χ4n) is 2.53. The van der Waals surface area contributed by atoms with Gasteiger partial charge in [-0.25, -0.2) is 4.99 Å². The predicted molar refractivity (Wildman–Crippen MR) is 88.1 cm³/mol. The first-order chi connectivity index (χ1) is 10.2. The standard InChI is InChI=1S/C17H27N3O/c1-4-18-17(20-10-5-6-11-20)19-13-15(3)21-16-9-7-8-14(2)12-16/h7-9,12,15H,4-6,10-11,13H2,1-3H3,(H,18,19). The van der Waals surface area contributed by atoms with Gasteiger partial charge >= 0.3 is 0 Å². The maximum absolute atomic E-state index is 5.93. The molecule has 2 rings (SSSR count). The van der Waals surface area contributed by atoms with E-state index < -0.39 is 0 Å². The molecule has 1 atom stereocenters. The molecule has 4 heteroatoms. The summed E-state index contributed by atoms with van der Waals surface area (Å²) in [5.74, 6) is 1.94. The zero-order valence-corrected chi connectivity index (χ0v) is 13.4. The lowest BCUT2D eigenvalue weighted by Gasteiger charge is -2.21. The Morgan fingerprint density at radius 3 is 2.81 bits per heavy atom. The molecule has 0 aromatic heterocycles. The molecule has 1 heterocycles. The number of nitrogens with zero attached hydrogens (tertiary/aromatic N) is 2. The van der Waals surface area contributed by atoms with Gasteiger partial charge in [0.25, 0.3) is 0 Å². The van der Waals surface area contributed by atoms with Crippen LogP contribution in [-0.2, 0) is 0 Å². The van der Waals surface area contributed by atoms with Gasteiger partial charge in [-0.05, 0) is 51.3 Å². The fourth-order valence-corrected chi connectivity index (χ4v) is 2.53. The van der Waals surface area contributed by atoms with Gasteiger partial charge in [0, 0.05) is 19.6 Å². The third-order valence-corrected chi connectivity index (χ3v) is 3.57. The molecule has 1 fully saturated rings. The molecule has 0 amide bonds. The second-order valence-electron chi connectivity index (χ2n) is 5.63. The third kappa shape index (κ3) is 4.96. The van der Waals surface area contributed by atoms with Gasteiger partial charge in [-0.1, -0.05) is 12.1 Å². The summed E-state index contributed by atoms with van der Waals surface area (Å²) in [6, 6.07) is 8.16. The van der Waals surface area contributed by atoms with Crippen LogP contribution in [0.3, 0.4) is 0 Å². The van der Waals surface area contributed by atoms with E-state index in [1.165, 1.54) is 18.4 Å². The minimum Gasteiger partial charge on any atom is -0.489 e. The van der Waals surface area contributed by atoms with Crippen molar-refractivity contribution in [2.75, 3.05) is 26.2 Å². The molecule has 21 heavy (non-hydrogen) atoms. The molecule has 0 aliphatic carbocycles. The number of hydrogen-bond donors (Lipinski definition) is 1. The van der Waals surface area contributed by atoms with Crippen LogP contribution >= 0.6 is 0 Å². The van der Waals surface area contributed by atoms with Crippen LogP contribution in [0.2, 0.25) is 0 Å². The highest BCUT2D eigenvalue weighted by Gasteiger charge is 2.15. The van der Waals surface area contributed by atoms with Gasteiger partial charge in [-0.15, -0.1) is 0 Å². The fraction of sp³-hybridized carbons (Fsp3) is 0.588. The Morgan fingerprint density at radius 2 is 2.14 bits per heavy atom. The van der Waals surface area contributed by atoms with Crippen LogP contribution in [-0.4, -0.2) is 43.1 Å². The van der Waals surface area contributed by atoms with Crippen LogP contribution < -0.4 is 10.1 Å². The van der Waals surface area contributed by atoms with Gasteiger partial charge in [0.05, 0.1) is 6.54 Å². The number of benzene rings is 1. The number of aliphatic imine (C=N–C) groups is 1. The van der Waals surface area contributed by atoms with Crippen molar-refractivity contribution in [2.45, 2.75) is 39.7 Å². The summed E-state index contributed by atoms with van der Waals surface area (Å²) in [5.41, 5.74) is 1.22. The van der Waals surface area contributed by atoms with E-state index in [2.05, 4.69) is 43.1 Å². The number of hydrogen-bond acceptors (Lipinski definition) is 2. The Hall–Kier alpha value is -1.71. The summed E-state index contributed by atoms with van der Waals surface area (Å²) in [6.45, 7) is 10.1. The van der Waals surface area contributed by atoms with E-state index in [4.69, 9.17) is 9.73 Å². The van der Waals surface area contributed by atoms with Crippen molar-refractivity contribution >= 4 is 5.96 Å². The summed E-state index contributed by atoms with van der Waals surface area (Å²) in [4.78, 5) is 7.06. The molecule has 1 aliphatic heterocycles. The minimum absolute atomic E-state index is 0.0723. The van der Waals surface area contributed by atoms with Crippen LogP contribution in [0.1, 0.15) is 32.3 Å². The molecule has 116 valence electrons. The highest BCUT2D eigenvalue weighted by atomic mass is 16.5. The summed E-state index contributed by atoms with van der Waals surface area (Å²) in [7, 11) is 0. The molecule has 1 N–H and O–H groups in total. The Bertz CT molecular complexity index is 467. The average Bonchev–Trinajstić information content (AvgIpc) is 2.97. The Kier molecular flexibility index (Phi) is 5.90. The number of aryl methyl sites for hydroxylation is 1. The summed E-state index contributed by atoms with van der Waals surface area (Å²) in [6.07, 6.45) is 2.60. The lowest BCUT2D eigenvalue weighted by atomic mass is 10.2. The quantitative estimate of drug-likeness (QED) is 0.669. The zero-order valence-electron chi connectivity index (χ0n) is 13.4. The first kappa shape index (κ1) is 15.7. The van der Waals surface area contributed by atoms with E-state index in [9.17, 15) is 0 Å². The van der Waals surface area contributed by atoms with Gasteiger partial charge in [0.15, 0.2) is 5.96 Å². The first-order valence-electron chi connectivity index (χ1n) is 7.95. The lowest BCUT2D eigenvalue weighted by molar-refractivity contribution is 0.229. The topological polar surface area (TPSA) is 36.9 Å². The van der Waals surface area contributed by atoms with Gasteiger partial charge < -0.3 is 15.0 Å². The Labute approximate surface area is 128 Å².